The van der Waals surface area contributed by atoms with Gasteiger partial charge in [-0.15, -0.1) is 11.6 Å². The van der Waals surface area contributed by atoms with Crippen LogP contribution in [0.15, 0.2) is 12.3 Å². The van der Waals surface area contributed by atoms with Crippen molar-refractivity contribution < 1.29 is 0 Å². The smallest absolute Gasteiger partial charge is 0.0762 e. The summed E-state index contributed by atoms with van der Waals surface area (Å²) in [4.78, 5) is 0. The highest BCUT2D eigenvalue weighted by Gasteiger charge is 2.18. The quantitative estimate of drug-likeness (QED) is 0.715. The van der Waals surface area contributed by atoms with Crippen molar-refractivity contribution >= 4 is 11.6 Å². The van der Waals surface area contributed by atoms with Gasteiger partial charge >= 0.3 is 0 Å². The average Bonchev–Trinajstić information content (AvgIpc) is 2.95. The molecular formula is C17H30ClN3. The molecular weight excluding hydrogens is 282 g/mol. The van der Waals surface area contributed by atoms with E-state index in [9.17, 15) is 0 Å². The first-order chi connectivity index (χ1) is 10.1. The molecule has 1 fully saturated rings. The van der Waals surface area contributed by atoms with Crippen LogP contribution in [0.4, 0.5) is 0 Å². The summed E-state index contributed by atoms with van der Waals surface area (Å²) in [6.45, 7) is 6.48. The van der Waals surface area contributed by atoms with E-state index in [1.165, 1.54) is 38.5 Å². The van der Waals surface area contributed by atoms with E-state index in [0.29, 0.717) is 11.5 Å². The van der Waals surface area contributed by atoms with E-state index < -0.39 is 0 Å². The van der Waals surface area contributed by atoms with Gasteiger partial charge in [-0.3, -0.25) is 4.68 Å². The number of hydrogen-bond acceptors (Lipinski definition) is 2. The molecule has 21 heavy (non-hydrogen) atoms. The maximum Gasteiger partial charge on any atom is 0.0762 e. The largest absolute Gasteiger partial charge is 0.311 e. The van der Waals surface area contributed by atoms with Crippen LogP contribution >= 0.6 is 11.6 Å². The van der Waals surface area contributed by atoms with Gasteiger partial charge in [-0.1, -0.05) is 33.1 Å². The summed E-state index contributed by atoms with van der Waals surface area (Å²) in [6.07, 6.45) is 11.1. The molecule has 120 valence electrons. The first-order valence-electron chi connectivity index (χ1n) is 8.41. The molecule has 1 aromatic heterocycles. The van der Waals surface area contributed by atoms with Crippen molar-refractivity contribution in [3.63, 3.8) is 0 Å². The molecule has 0 saturated heterocycles. The van der Waals surface area contributed by atoms with Crippen LogP contribution in [0, 0.1) is 5.41 Å². The maximum absolute atomic E-state index is 5.78. The zero-order chi connectivity index (χ0) is 15.1. The van der Waals surface area contributed by atoms with E-state index in [0.717, 1.165) is 31.1 Å². The van der Waals surface area contributed by atoms with Crippen LogP contribution < -0.4 is 5.32 Å². The number of nitrogens with one attached hydrogen (secondary N) is 1. The Labute approximate surface area is 134 Å². The molecule has 1 aromatic rings. The van der Waals surface area contributed by atoms with Crippen LogP contribution in [-0.4, -0.2) is 22.2 Å². The first kappa shape index (κ1) is 16.8. The van der Waals surface area contributed by atoms with Gasteiger partial charge < -0.3 is 5.32 Å². The number of hydrogen-bond donors (Lipinski definition) is 1. The summed E-state index contributed by atoms with van der Waals surface area (Å²) < 4.78 is 2.19. The SMILES string of the molecule is CC(C)(CCCCl)CNCc1ccn(C2CCCCC2)n1. The summed E-state index contributed by atoms with van der Waals surface area (Å²) in [7, 11) is 0. The first-order valence-corrected chi connectivity index (χ1v) is 8.95. The molecule has 0 atom stereocenters. The maximum atomic E-state index is 5.78. The number of rotatable bonds is 8. The minimum absolute atomic E-state index is 0.306. The third-order valence-corrected chi connectivity index (χ3v) is 4.78. The van der Waals surface area contributed by atoms with Crippen LogP contribution in [-0.2, 0) is 6.54 Å². The topological polar surface area (TPSA) is 29.9 Å². The molecule has 1 aliphatic rings. The summed E-state index contributed by atoms with van der Waals surface area (Å²) in [6, 6.07) is 2.79. The molecule has 2 rings (SSSR count). The van der Waals surface area contributed by atoms with E-state index >= 15 is 0 Å². The zero-order valence-corrected chi connectivity index (χ0v) is 14.3. The minimum atomic E-state index is 0.306. The lowest BCUT2D eigenvalue weighted by Crippen LogP contribution is -2.29. The van der Waals surface area contributed by atoms with Gasteiger partial charge in [-0.2, -0.15) is 5.10 Å². The molecule has 3 nitrogen and oxygen atoms in total. The molecule has 1 heterocycles. The fraction of sp³-hybridized carbons (Fsp3) is 0.824. The third-order valence-electron chi connectivity index (χ3n) is 4.51. The van der Waals surface area contributed by atoms with Crippen molar-refractivity contribution in [1.82, 2.24) is 15.1 Å². The van der Waals surface area contributed by atoms with Gasteiger partial charge in [0.05, 0.1) is 11.7 Å². The number of halogens is 1. The van der Waals surface area contributed by atoms with Gasteiger partial charge in [0.1, 0.15) is 0 Å². The molecule has 0 aliphatic heterocycles. The van der Waals surface area contributed by atoms with Crippen LogP contribution in [0.1, 0.15) is 70.5 Å². The van der Waals surface area contributed by atoms with Gasteiger partial charge in [0.15, 0.2) is 0 Å². The van der Waals surface area contributed by atoms with Crippen molar-refractivity contribution in [3.05, 3.63) is 18.0 Å². The van der Waals surface area contributed by atoms with Crippen LogP contribution in [0.2, 0.25) is 0 Å². The molecule has 0 bridgehead atoms. The average molecular weight is 312 g/mol. The highest BCUT2D eigenvalue weighted by Crippen LogP contribution is 2.27. The predicted octanol–water partition coefficient (Wildman–Crippen LogP) is 4.52. The second-order valence-electron chi connectivity index (χ2n) is 7.14. The van der Waals surface area contributed by atoms with Crippen molar-refractivity contribution in [2.45, 2.75) is 71.4 Å². The molecule has 1 aliphatic carbocycles. The fourth-order valence-corrected chi connectivity index (χ4v) is 3.32. The lowest BCUT2D eigenvalue weighted by atomic mass is 9.88. The lowest BCUT2D eigenvalue weighted by Gasteiger charge is -2.24. The highest BCUT2D eigenvalue weighted by molar-refractivity contribution is 6.17. The van der Waals surface area contributed by atoms with E-state index in [2.05, 4.69) is 36.1 Å². The van der Waals surface area contributed by atoms with E-state index in [4.69, 9.17) is 16.7 Å². The number of aromatic nitrogens is 2. The van der Waals surface area contributed by atoms with Gasteiger partial charge in [-0.05, 0) is 37.2 Å². The van der Waals surface area contributed by atoms with E-state index in [1.54, 1.807) is 0 Å². The van der Waals surface area contributed by atoms with Crippen LogP contribution in [0.3, 0.4) is 0 Å². The standard InChI is InChI=1S/C17H30ClN3/c1-17(2,10-6-11-18)14-19-13-15-9-12-21(20-15)16-7-4-3-5-8-16/h9,12,16,19H,3-8,10-11,13-14H2,1-2H3. The summed E-state index contributed by atoms with van der Waals surface area (Å²) >= 11 is 5.78. The molecule has 4 heteroatoms. The predicted molar refractivity (Wildman–Crippen MR) is 89.8 cm³/mol. The Kier molecular flexibility index (Phi) is 6.56. The summed E-state index contributed by atoms with van der Waals surface area (Å²) in [5.41, 5.74) is 1.47. The van der Waals surface area contributed by atoms with Crippen molar-refractivity contribution in [2.75, 3.05) is 12.4 Å². The molecule has 0 aromatic carbocycles. The molecule has 0 amide bonds. The minimum Gasteiger partial charge on any atom is -0.311 e. The summed E-state index contributed by atoms with van der Waals surface area (Å²) in [5, 5.41) is 8.30. The van der Waals surface area contributed by atoms with E-state index in [1.807, 2.05) is 0 Å². The van der Waals surface area contributed by atoms with Crippen molar-refractivity contribution in [3.8, 4) is 0 Å². The molecule has 0 spiro atoms. The Morgan fingerprint density at radius 2 is 2.10 bits per heavy atom. The van der Waals surface area contributed by atoms with Crippen LogP contribution in [0.25, 0.3) is 0 Å². The molecule has 0 unspecified atom stereocenters. The Morgan fingerprint density at radius 1 is 1.33 bits per heavy atom. The van der Waals surface area contributed by atoms with Gasteiger partial charge in [0.25, 0.3) is 0 Å². The number of nitrogens with zero attached hydrogens (tertiary/aromatic N) is 2. The fourth-order valence-electron chi connectivity index (χ4n) is 3.18. The van der Waals surface area contributed by atoms with Gasteiger partial charge in [0.2, 0.25) is 0 Å². The molecule has 1 saturated carbocycles. The second-order valence-corrected chi connectivity index (χ2v) is 7.52. The Hall–Kier alpha value is -0.540. The highest BCUT2D eigenvalue weighted by atomic mass is 35.5. The number of alkyl halides is 1. The Bertz CT molecular complexity index is 408. The molecule has 1 N–H and O–H groups in total. The van der Waals surface area contributed by atoms with Gasteiger partial charge in [0, 0.05) is 25.2 Å². The normalized spacial score (nSPS) is 17.3. The molecule has 0 radical (unpaired) electrons. The Morgan fingerprint density at radius 3 is 2.81 bits per heavy atom. The van der Waals surface area contributed by atoms with Crippen LogP contribution in [0.5, 0.6) is 0 Å². The summed E-state index contributed by atoms with van der Waals surface area (Å²) in [5.74, 6) is 0.759. The third kappa shape index (κ3) is 5.63. The Balaban J connectivity index is 1.75. The lowest BCUT2D eigenvalue weighted by molar-refractivity contribution is 0.308. The van der Waals surface area contributed by atoms with E-state index in [-0.39, 0.29) is 0 Å². The van der Waals surface area contributed by atoms with Gasteiger partial charge in [-0.25, -0.2) is 0 Å². The monoisotopic (exact) mass is 311 g/mol. The van der Waals surface area contributed by atoms with Crippen molar-refractivity contribution in [1.29, 1.82) is 0 Å². The zero-order valence-electron chi connectivity index (χ0n) is 13.6. The van der Waals surface area contributed by atoms with Crippen molar-refractivity contribution in [2.24, 2.45) is 5.41 Å². The second kappa shape index (κ2) is 8.19.